The van der Waals surface area contributed by atoms with Gasteiger partial charge in [-0.15, -0.1) is 0 Å². The molecule has 124 valence electrons. The predicted octanol–water partition coefficient (Wildman–Crippen LogP) is 5.62. The summed E-state index contributed by atoms with van der Waals surface area (Å²) in [7, 11) is 0.104. The first kappa shape index (κ1) is 19.0. The van der Waals surface area contributed by atoms with Gasteiger partial charge < -0.3 is 9.16 Å². The third-order valence-corrected chi connectivity index (χ3v) is 4.97. The summed E-state index contributed by atoms with van der Waals surface area (Å²) in [5.74, 6) is 1.05. The van der Waals surface area contributed by atoms with Gasteiger partial charge in [-0.05, 0) is 68.6 Å². The van der Waals surface area contributed by atoms with Crippen LogP contribution in [0.4, 0.5) is 0 Å². The molecule has 1 aliphatic rings. The van der Waals surface area contributed by atoms with Crippen LogP contribution in [-0.4, -0.2) is 21.0 Å². The number of rotatable bonds is 6. The minimum atomic E-state index is -1.60. The average molecular weight is 321 g/mol. The Morgan fingerprint density at radius 1 is 1.32 bits per heavy atom. The van der Waals surface area contributed by atoms with Crippen molar-refractivity contribution in [2.24, 2.45) is 5.41 Å². The van der Waals surface area contributed by atoms with Crippen LogP contribution >= 0.6 is 0 Å². The van der Waals surface area contributed by atoms with Crippen LogP contribution in [0.1, 0.15) is 34.1 Å². The molecule has 0 bridgehead atoms. The Balaban J connectivity index is 3.21. The van der Waals surface area contributed by atoms with Crippen molar-refractivity contribution in [1.29, 1.82) is 0 Å². The van der Waals surface area contributed by atoms with Gasteiger partial charge in [0.05, 0.1) is 0 Å². The van der Waals surface area contributed by atoms with E-state index in [1.54, 1.807) is 7.11 Å². The van der Waals surface area contributed by atoms with E-state index in [1.165, 1.54) is 11.1 Å². The lowest BCUT2D eigenvalue weighted by atomic mass is 9.74. The van der Waals surface area contributed by atoms with E-state index >= 15 is 0 Å². The summed E-state index contributed by atoms with van der Waals surface area (Å²) < 4.78 is 11.8. The van der Waals surface area contributed by atoms with Gasteiger partial charge >= 0.3 is 0 Å². The molecule has 22 heavy (non-hydrogen) atoms. The lowest BCUT2D eigenvalue weighted by Gasteiger charge is -2.35. The molecule has 0 saturated heterocycles. The maximum atomic E-state index is 6.26. The SMILES string of the molecule is C=CC(C)(C=CC1=C(C)C(O[Si](C)(C)C)=CCC1(C)C)OC. The van der Waals surface area contributed by atoms with E-state index in [2.05, 4.69) is 65.2 Å². The monoisotopic (exact) mass is 320 g/mol. The Hall–Kier alpha value is -1.06. The molecular weight excluding hydrogens is 288 g/mol. The molecule has 0 aliphatic heterocycles. The number of allylic oxidation sites excluding steroid dienone is 4. The van der Waals surface area contributed by atoms with Crippen molar-refractivity contribution in [2.75, 3.05) is 7.11 Å². The minimum absolute atomic E-state index is 0.0999. The number of hydrogen-bond donors (Lipinski definition) is 0. The Kier molecular flexibility index (Phi) is 5.69. The fourth-order valence-electron chi connectivity index (χ4n) is 2.52. The van der Waals surface area contributed by atoms with Crippen molar-refractivity contribution in [3.8, 4) is 0 Å². The molecule has 3 heteroatoms. The fraction of sp³-hybridized carbons (Fsp3) is 0.579. The summed E-state index contributed by atoms with van der Waals surface area (Å²) in [4.78, 5) is 0. The summed E-state index contributed by atoms with van der Waals surface area (Å²) in [6.07, 6.45) is 9.32. The molecule has 1 rings (SSSR count). The van der Waals surface area contributed by atoms with E-state index < -0.39 is 13.9 Å². The highest BCUT2D eigenvalue weighted by Crippen LogP contribution is 2.41. The van der Waals surface area contributed by atoms with Crippen LogP contribution in [0.15, 0.2) is 47.8 Å². The summed E-state index contributed by atoms with van der Waals surface area (Å²) in [5.41, 5.74) is 2.21. The van der Waals surface area contributed by atoms with Crippen LogP contribution < -0.4 is 0 Å². The maximum absolute atomic E-state index is 6.26. The third-order valence-electron chi connectivity index (χ3n) is 4.14. The van der Waals surface area contributed by atoms with Crippen molar-refractivity contribution >= 4 is 8.32 Å². The predicted molar refractivity (Wildman–Crippen MR) is 98.4 cm³/mol. The van der Waals surface area contributed by atoms with Crippen molar-refractivity contribution < 1.29 is 9.16 Å². The lowest BCUT2D eigenvalue weighted by molar-refractivity contribution is 0.0909. The second-order valence-electron chi connectivity index (χ2n) is 7.83. The summed E-state index contributed by atoms with van der Waals surface area (Å²) in [5, 5.41) is 0. The molecule has 0 aromatic heterocycles. The zero-order valence-electron chi connectivity index (χ0n) is 15.5. The maximum Gasteiger partial charge on any atom is 0.242 e. The first-order valence-electron chi connectivity index (χ1n) is 7.93. The quantitative estimate of drug-likeness (QED) is 0.467. The van der Waals surface area contributed by atoms with Crippen LogP contribution in [0, 0.1) is 5.41 Å². The van der Waals surface area contributed by atoms with Crippen LogP contribution in [0.5, 0.6) is 0 Å². The standard InChI is InChI=1S/C19H32O2Si/c1-10-19(5,20-6)14-11-16-15(2)17(21-22(7,8)9)12-13-18(16,3)4/h10-12,14H,1,13H2,2-9H3. The molecule has 0 radical (unpaired) electrons. The largest absolute Gasteiger partial charge is 0.544 e. The van der Waals surface area contributed by atoms with Gasteiger partial charge in [0.15, 0.2) is 0 Å². The highest BCUT2D eigenvalue weighted by Gasteiger charge is 2.30. The first-order chi connectivity index (χ1) is 9.94. The number of hydrogen-bond acceptors (Lipinski definition) is 2. The van der Waals surface area contributed by atoms with E-state index in [4.69, 9.17) is 9.16 Å². The van der Waals surface area contributed by atoms with E-state index in [0.29, 0.717) is 0 Å². The molecule has 0 fully saturated rings. The molecule has 0 aromatic rings. The summed E-state index contributed by atoms with van der Waals surface area (Å²) in [6.45, 7) is 19.2. The molecule has 0 aromatic carbocycles. The molecule has 1 unspecified atom stereocenters. The Labute approximate surface area is 137 Å². The molecule has 0 spiro atoms. The molecule has 0 amide bonds. The molecule has 2 nitrogen and oxygen atoms in total. The zero-order valence-corrected chi connectivity index (χ0v) is 16.5. The van der Waals surface area contributed by atoms with Gasteiger partial charge in [0.25, 0.3) is 0 Å². The van der Waals surface area contributed by atoms with Gasteiger partial charge in [-0.3, -0.25) is 0 Å². The highest BCUT2D eigenvalue weighted by molar-refractivity contribution is 6.70. The topological polar surface area (TPSA) is 18.5 Å². The van der Waals surface area contributed by atoms with Gasteiger partial charge in [-0.1, -0.05) is 32.6 Å². The van der Waals surface area contributed by atoms with Gasteiger partial charge in [0, 0.05) is 7.11 Å². The van der Waals surface area contributed by atoms with Crippen molar-refractivity contribution in [1.82, 2.24) is 0 Å². The fourth-order valence-corrected chi connectivity index (χ4v) is 3.41. The van der Waals surface area contributed by atoms with E-state index in [0.717, 1.165) is 12.2 Å². The average Bonchev–Trinajstić information content (AvgIpc) is 2.40. The summed E-state index contributed by atoms with van der Waals surface area (Å²) >= 11 is 0. The Morgan fingerprint density at radius 2 is 1.91 bits per heavy atom. The van der Waals surface area contributed by atoms with Gasteiger partial charge in [-0.25, -0.2) is 0 Å². The molecule has 0 saturated carbocycles. The molecule has 0 N–H and O–H groups in total. The second-order valence-corrected chi connectivity index (χ2v) is 12.3. The van der Waals surface area contributed by atoms with Crippen LogP contribution in [0.3, 0.4) is 0 Å². The van der Waals surface area contributed by atoms with E-state index in [9.17, 15) is 0 Å². The van der Waals surface area contributed by atoms with Gasteiger partial charge in [-0.2, -0.15) is 0 Å². The zero-order chi connectivity index (χ0) is 17.2. The molecule has 1 aliphatic carbocycles. The number of ether oxygens (including phenoxy) is 1. The molecule has 1 atom stereocenters. The Morgan fingerprint density at radius 3 is 2.36 bits per heavy atom. The summed E-state index contributed by atoms with van der Waals surface area (Å²) in [6, 6.07) is 0. The van der Waals surface area contributed by atoms with E-state index in [-0.39, 0.29) is 5.41 Å². The highest BCUT2D eigenvalue weighted by atomic mass is 28.4. The Bertz CT molecular complexity index is 518. The van der Waals surface area contributed by atoms with Crippen molar-refractivity contribution in [3.05, 3.63) is 47.8 Å². The van der Waals surface area contributed by atoms with Crippen molar-refractivity contribution in [3.63, 3.8) is 0 Å². The van der Waals surface area contributed by atoms with Crippen LogP contribution in [-0.2, 0) is 9.16 Å². The molecule has 0 heterocycles. The van der Waals surface area contributed by atoms with E-state index in [1.807, 2.05) is 13.0 Å². The van der Waals surface area contributed by atoms with Gasteiger partial charge in [0.1, 0.15) is 11.4 Å². The number of methoxy groups -OCH3 is 1. The first-order valence-corrected chi connectivity index (χ1v) is 11.3. The third kappa shape index (κ3) is 4.72. The smallest absolute Gasteiger partial charge is 0.242 e. The normalized spacial score (nSPS) is 21.5. The minimum Gasteiger partial charge on any atom is -0.544 e. The lowest BCUT2D eigenvalue weighted by Crippen LogP contribution is -2.28. The van der Waals surface area contributed by atoms with Crippen molar-refractivity contribution in [2.45, 2.75) is 59.4 Å². The van der Waals surface area contributed by atoms with Crippen LogP contribution in [0.25, 0.3) is 0 Å². The second kappa shape index (κ2) is 6.59. The molecular formula is C19H32O2Si. The van der Waals surface area contributed by atoms with Gasteiger partial charge in [0.2, 0.25) is 8.32 Å². The van der Waals surface area contributed by atoms with Crippen LogP contribution in [0.2, 0.25) is 19.6 Å².